The Hall–Kier alpha value is -1.04. The topological polar surface area (TPSA) is 29.1 Å². The van der Waals surface area contributed by atoms with Gasteiger partial charge in [-0.3, -0.25) is 4.79 Å². The molecule has 0 atom stereocenters. The molecule has 0 heterocycles. The van der Waals surface area contributed by atoms with Gasteiger partial charge in [0.05, 0.1) is 0 Å². The number of carbonyl (C=O) groups excluding carboxylic acids is 1. The number of hydrogen-bond donors (Lipinski definition) is 1. The summed E-state index contributed by atoms with van der Waals surface area (Å²) in [5.41, 5.74) is -0.199. The second kappa shape index (κ2) is 6.61. The van der Waals surface area contributed by atoms with Crippen LogP contribution in [0.1, 0.15) is 36.0 Å². The van der Waals surface area contributed by atoms with Gasteiger partial charge in [0.2, 0.25) is 0 Å². The van der Waals surface area contributed by atoms with Crippen LogP contribution in [0.5, 0.6) is 0 Å². The summed E-state index contributed by atoms with van der Waals surface area (Å²) in [5.74, 6) is -4.46. The fourth-order valence-corrected chi connectivity index (χ4v) is 2.88. The first-order valence-electron chi connectivity index (χ1n) is 6.54. The van der Waals surface area contributed by atoms with Crippen LogP contribution in [0.15, 0.2) is 12.1 Å². The van der Waals surface area contributed by atoms with E-state index in [1.807, 2.05) is 0 Å². The molecular weight excluding hydrogens is 335 g/mol. The van der Waals surface area contributed by atoms with Crippen molar-refractivity contribution in [2.45, 2.75) is 30.5 Å². The molecule has 2 nitrogen and oxygen atoms in total. The van der Waals surface area contributed by atoms with Crippen molar-refractivity contribution in [3.8, 4) is 0 Å². The van der Waals surface area contributed by atoms with Crippen LogP contribution >= 0.6 is 15.9 Å². The average molecular weight is 350 g/mol. The van der Waals surface area contributed by atoms with Crippen molar-refractivity contribution in [2.24, 2.45) is 5.92 Å². The highest BCUT2D eigenvalue weighted by Gasteiger charge is 2.20. The normalized spacial score (nSPS) is 22.6. The molecule has 0 aromatic heterocycles. The fraction of sp³-hybridized carbons (Fsp3) is 0.500. The highest BCUT2D eigenvalue weighted by atomic mass is 79.9. The van der Waals surface area contributed by atoms with E-state index in [0.29, 0.717) is 29.4 Å². The molecule has 1 saturated carbocycles. The molecule has 1 amide bonds. The summed E-state index contributed by atoms with van der Waals surface area (Å²) in [6.07, 6.45) is 4.12. The number of halogens is 4. The number of alkyl halides is 1. The Morgan fingerprint density at radius 3 is 2.25 bits per heavy atom. The van der Waals surface area contributed by atoms with Crippen LogP contribution in [0.25, 0.3) is 0 Å². The minimum absolute atomic E-state index is 0.199. The maximum atomic E-state index is 13.0. The van der Waals surface area contributed by atoms with E-state index >= 15 is 0 Å². The van der Waals surface area contributed by atoms with Gasteiger partial charge in [-0.25, -0.2) is 13.2 Å². The Morgan fingerprint density at radius 2 is 1.70 bits per heavy atom. The third kappa shape index (κ3) is 3.75. The van der Waals surface area contributed by atoms with Crippen LogP contribution in [0.2, 0.25) is 0 Å². The molecule has 6 heteroatoms. The number of nitrogens with one attached hydrogen (secondary N) is 1. The Morgan fingerprint density at radius 1 is 1.15 bits per heavy atom. The van der Waals surface area contributed by atoms with Gasteiger partial charge in [0, 0.05) is 16.9 Å². The number of rotatable bonds is 3. The summed E-state index contributed by atoms with van der Waals surface area (Å²) in [5, 5.41) is 2.65. The molecule has 20 heavy (non-hydrogen) atoms. The van der Waals surface area contributed by atoms with Gasteiger partial charge in [-0.15, -0.1) is 0 Å². The molecule has 1 N–H and O–H groups in total. The molecule has 2 rings (SSSR count). The Bertz CT molecular complexity index is 478. The number of carbonyl (C=O) groups is 1. The van der Waals surface area contributed by atoms with Crippen LogP contribution in [-0.2, 0) is 0 Å². The minimum Gasteiger partial charge on any atom is -0.352 e. The first-order valence-corrected chi connectivity index (χ1v) is 7.45. The molecule has 1 aliphatic carbocycles. The predicted molar refractivity (Wildman–Crippen MR) is 73.3 cm³/mol. The smallest absolute Gasteiger partial charge is 0.251 e. The van der Waals surface area contributed by atoms with E-state index in [0.717, 1.165) is 25.7 Å². The predicted octanol–water partition coefficient (Wildman–Crippen LogP) is 3.79. The molecule has 0 bridgehead atoms. The van der Waals surface area contributed by atoms with E-state index in [1.54, 1.807) is 0 Å². The van der Waals surface area contributed by atoms with E-state index < -0.39 is 23.4 Å². The zero-order valence-corrected chi connectivity index (χ0v) is 12.4. The lowest BCUT2D eigenvalue weighted by atomic mass is 9.89. The molecule has 0 radical (unpaired) electrons. The van der Waals surface area contributed by atoms with E-state index in [4.69, 9.17) is 0 Å². The quantitative estimate of drug-likeness (QED) is 0.652. The average Bonchev–Trinajstić information content (AvgIpc) is 2.43. The van der Waals surface area contributed by atoms with Gasteiger partial charge in [-0.1, -0.05) is 15.9 Å². The first kappa shape index (κ1) is 15.4. The van der Waals surface area contributed by atoms with Crippen molar-refractivity contribution >= 4 is 21.8 Å². The lowest BCUT2D eigenvalue weighted by molar-refractivity contribution is 0.0942. The second-order valence-corrected chi connectivity index (χ2v) is 6.38. The Labute approximate surface area is 123 Å². The van der Waals surface area contributed by atoms with Crippen molar-refractivity contribution in [3.63, 3.8) is 0 Å². The maximum Gasteiger partial charge on any atom is 0.251 e. The molecule has 1 aliphatic rings. The standard InChI is InChI=1S/C14H15BrF3NO/c15-10-3-1-8(2-4-10)7-19-14(20)9-5-11(16)13(18)12(17)6-9/h5-6,8,10H,1-4,7H2,(H,19,20). The van der Waals surface area contributed by atoms with Crippen molar-refractivity contribution in [2.75, 3.05) is 6.54 Å². The molecular formula is C14H15BrF3NO. The van der Waals surface area contributed by atoms with E-state index in [-0.39, 0.29) is 5.56 Å². The third-order valence-electron chi connectivity index (χ3n) is 3.57. The Balaban J connectivity index is 1.92. The third-order valence-corrected chi connectivity index (χ3v) is 4.49. The van der Waals surface area contributed by atoms with Gasteiger partial charge < -0.3 is 5.32 Å². The first-order chi connectivity index (χ1) is 9.47. The van der Waals surface area contributed by atoms with Gasteiger partial charge in [-0.2, -0.15) is 0 Å². The van der Waals surface area contributed by atoms with Crippen molar-refractivity contribution in [1.82, 2.24) is 5.32 Å². The molecule has 0 spiro atoms. The van der Waals surface area contributed by atoms with Gasteiger partial charge in [0.1, 0.15) is 0 Å². The lowest BCUT2D eigenvalue weighted by Crippen LogP contribution is -2.31. The Kier molecular flexibility index (Phi) is 5.07. The SMILES string of the molecule is O=C(NCC1CCC(Br)CC1)c1cc(F)c(F)c(F)c1. The number of hydrogen-bond acceptors (Lipinski definition) is 1. The number of benzene rings is 1. The second-order valence-electron chi connectivity index (χ2n) is 5.08. The fourth-order valence-electron chi connectivity index (χ4n) is 2.35. The summed E-state index contributed by atoms with van der Waals surface area (Å²) < 4.78 is 38.9. The van der Waals surface area contributed by atoms with Crippen LogP contribution in [-0.4, -0.2) is 17.3 Å². The maximum absolute atomic E-state index is 13.0. The van der Waals surface area contributed by atoms with Crippen LogP contribution in [0.4, 0.5) is 13.2 Å². The number of amides is 1. The van der Waals surface area contributed by atoms with Crippen molar-refractivity contribution in [1.29, 1.82) is 0 Å². The summed E-state index contributed by atoms with van der Waals surface area (Å²) in [6, 6.07) is 1.42. The minimum atomic E-state index is -1.56. The molecule has 1 aromatic carbocycles. The highest BCUT2D eigenvalue weighted by molar-refractivity contribution is 9.09. The van der Waals surface area contributed by atoms with Crippen molar-refractivity contribution in [3.05, 3.63) is 35.1 Å². The summed E-state index contributed by atoms with van der Waals surface area (Å²) >= 11 is 3.55. The van der Waals surface area contributed by atoms with Gasteiger partial charge >= 0.3 is 0 Å². The summed E-state index contributed by atoms with van der Waals surface area (Å²) in [7, 11) is 0. The molecule has 1 fully saturated rings. The molecule has 0 unspecified atom stereocenters. The van der Waals surface area contributed by atoms with Gasteiger partial charge in [0.15, 0.2) is 17.5 Å². The van der Waals surface area contributed by atoms with E-state index in [9.17, 15) is 18.0 Å². The highest BCUT2D eigenvalue weighted by Crippen LogP contribution is 2.28. The van der Waals surface area contributed by atoms with Crippen LogP contribution < -0.4 is 5.32 Å². The van der Waals surface area contributed by atoms with Crippen LogP contribution in [0, 0.1) is 23.4 Å². The summed E-state index contributed by atoms with van der Waals surface area (Å²) in [4.78, 5) is 12.3. The molecule has 0 saturated heterocycles. The zero-order valence-electron chi connectivity index (χ0n) is 10.8. The monoisotopic (exact) mass is 349 g/mol. The molecule has 0 aliphatic heterocycles. The van der Waals surface area contributed by atoms with E-state index in [2.05, 4.69) is 21.2 Å². The largest absolute Gasteiger partial charge is 0.352 e. The zero-order chi connectivity index (χ0) is 14.7. The molecule has 110 valence electrons. The molecule has 1 aromatic rings. The van der Waals surface area contributed by atoms with Gasteiger partial charge in [-0.05, 0) is 43.7 Å². The van der Waals surface area contributed by atoms with Crippen molar-refractivity contribution < 1.29 is 18.0 Å². The van der Waals surface area contributed by atoms with Gasteiger partial charge in [0.25, 0.3) is 5.91 Å². The van der Waals surface area contributed by atoms with E-state index in [1.165, 1.54) is 0 Å². The van der Waals surface area contributed by atoms with Crippen LogP contribution in [0.3, 0.4) is 0 Å². The lowest BCUT2D eigenvalue weighted by Gasteiger charge is -2.25. The summed E-state index contributed by atoms with van der Waals surface area (Å²) in [6.45, 7) is 0.471.